The fraction of sp³-hybridized carbons (Fsp3) is 0.429. The summed E-state index contributed by atoms with van der Waals surface area (Å²) in [4.78, 5) is 0.199. The lowest BCUT2D eigenvalue weighted by atomic mass is 9.81. The largest absolute Gasteiger partial charge is 0.493 e. The first kappa shape index (κ1) is 19.7. The topological polar surface area (TPSA) is 61.8 Å². The van der Waals surface area contributed by atoms with Gasteiger partial charge >= 0.3 is 0 Å². The van der Waals surface area contributed by atoms with E-state index < -0.39 is 10.1 Å². The summed E-state index contributed by atoms with van der Waals surface area (Å²) < 4.78 is 41.9. The van der Waals surface area contributed by atoms with Crippen LogP contribution in [0.5, 0.6) is 11.5 Å². The zero-order valence-electron chi connectivity index (χ0n) is 16.0. The van der Waals surface area contributed by atoms with E-state index in [1.54, 1.807) is 38.5 Å². The van der Waals surface area contributed by atoms with E-state index >= 15 is 0 Å². The molecule has 1 aliphatic rings. The molecule has 0 unspecified atom stereocenters. The van der Waals surface area contributed by atoms with Crippen LogP contribution in [0.2, 0.25) is 0 Å². The number of benzene rings is 2. The highest BCUT2D eigenvalue weighted by atomic mass is 32.2. The number of ether oxygens (including phenoxy) is 2. The predicted molar refractivity (Wildman–Crippen MR) is 104 cm³/mol. The first-order valence-corrected chi connectivity index (χ1v) is 10.6. The molecule has 0 aromatic heterocycles. The Morgan fingerprint density at radius 1 is 0.889 bits per heavy atom. The Kier molecular flexibility index (Phi) is 6.07. The Hall–Kier alpha value is -2.05. The molecule has 2 aromatic carbocycles. The summed E-state index contributed by atoms with van der Waals surface area (Å²) in [6.07, 6.45) is 3.21. The predicted octanol–water partition coefficient (Wildman–Crippen LogP) is 4.44. The first-order chi connectivity index (χ1) is 12.9. The third-order valence-corrected chi connectivity index (χ3v) is 6.45. The van der Waals surface area contributed by atoms with Crippen molar-refractivity contribution in [3.05, 3.63) is 53.6 Å². The molecule has 1 saturated carbocycles. The van der Waals surface area contributed by atoms with Crippen molar-refractivity contribution in [2.75, 3.05) is 14.2 Å². The number of rotatable bonds is 6. The summed E-state index contributed by atoms with van der Waals surface area (Å²) in [6.45, 7) is 1.92. The van der Waals surface area contributed by atoms with Crippen LogP contribution in [-0.2, 0) is 14.3 Å². The van der Waals surface area contributed by atoms with Gasteiger partial charge in [-0.2, -0.15) is 8.42 Å². The summed E-state index contributed by atoms with van der Waals surface area (Å²) in [5, 5.41) is 0. The van der Waals surface area contributed by atoms with Crippen LogP contribution in [0.4, 0.5) is 0 Å². The Labute approximate surface area is 161 Å². The van der Waals surface area contributed by atoms with Gasteiger partial charge < -0.3 is 9.47 Å². The van der Waals surface area contributed by atoms with Crippen molar-refractivity contribution in [3.8, 4) is 11.5 Å². The molecule has 2 aromatic rings. The number of methoxy groups -OCH3 is 2. The van der Waals surface area contributed by atoms with Crippen molar-refractivity contribution >= 4 is 10.1 Å². The molecule has 0 amide bonds. The van der Waals surface area contributed by atoms with E-state index in [2.05, 4.69) is 0 Å². The molecule has 3 rings (SSSR count). The van der Waals surface area contributed by atoms with Crippen LogP contribution in [0, 0.1) is 6.92 Å². The van der Waals surface area contributed by atoms with Gasteiger partial charge in [-0.25, -0.2) is 0 Å². The van der Waals surface area contributed by atoms with Gasteiger partial charge in [-0.15, -0.1) is 0 Å². The van der Waals surface area contributed by atoms with Gasteiger partial charge in [-0.1, -0.05) is 36.6 Å². The third-order valence-electron chi connectivity index (χ3n) is 5.10. The number of aryl methyl sites for hydroxylation is 1. The second kappa shape index (κ2) is 8.31. The highest BCUT2D eigenvalue weighted by Crippen LogP contribution is 2.39. The first-order valence-electron chi connectivity index (χ1n) is 9.16. The normalized spacial score (nSPS) is 20.3. The Bertz CT molecular complexity index is 874. The van der Waals surface area contributed by atoms with Crippen molar-refractivity contribution in [1.82, 2.24) is 0 Å². The Morgan fingerprint density at radius 2 is 1.56 bits per heavy atom. The summed E-state index contributed by atoms with van der Waals surface area (Å²) in [5.74, 6) is 1.29. The molecule has 2 atom stereocenters. The van der Waals surface area contributed by atoms with Crippen LogP contribution in [0.1, 0.15) is 42.7 Å². The van der Waals surface area contributed by atoms with E-state index in [0.717, 1.165) is 30.4 Å². The van der Waals surface area contributed by atoms with E-state index in [4.69, 9.17) is 13.7 Å². The Morgan fingerprint density at radius 3 is 2.22 bits per heavy atom. The lowest BCUT2D eigenvalue weighted by molar-refractivity contribution is 0.137. The Balaban J connectivity index is 1.86. The third kappa shape index (κ3) is 4.45. The quantitative estimate of drug-likeness (QED) is 0.682. The van der Waals surface area contributed by atoms with Crippen LogP contribution >= 0.6 is 0 Å². The highest BCUT2D eigenvalue weighted by Gasteiger charge is 2.32. The van der Waals surface area contributed by atoms with E-state index in [1.807, 2.05) is 25.1 Å². The minimum Gasteiger partial charge on any atom is -0.493 e. The molecular weight excluding hydrogens is 364 g/mol. The molecule has 0 saturated heterocycles. The van der Waals surface area contributed by atoms with Crippen molar-refractivity contribution in [1.29, 1.82) is 0 Å². The molecule has 0 N–H and O–H groups in total. The molecule has 146 valence electrons. The smallest absolute Gasteiger partial charge is 0.297 e. The number of hydrogen-bond donors (Lipinski definition) is 0. The zero-order chi connectivity index (χ0) is 19.4. The van der Waals surface area contributed by atoms with Gasteiger partial charge in [-0.05, 0) is 49.6 Å². The van der Waals surface area contributed by atoms with Crippen LogP contribution in [-0.4, -0.2) is 28.7 Å². The second-order valence-corrected chi connectivity index (χ2v) is 8.48. The summed E-state index contributed by atoms with van der Waals surface area (Å²) in [6, 6.07) is 12.5. The summed E-state index contributed by atoms with van der Waals surface area (Å²) in [5.41, 5.74) is 2.02. The molecule has 0 aliphatic heterocycles. The van der Waals surface area contributed by atoms with Crippen molar-refractivity contribution < 1.29 is 22.1 Å². The van der Waals surface area contributed by atoms with Crippen LogP contribution < -0.4 is 9.47 Å². The lowest BCUT2D eigenvalue weighted by Gasteiger charge is -2.31. The molecule has 6 heteroatoms. The number of hydrogen-bond acceptors (Lipinski definition) is 5. The molecule has 5 nitrogen and oxygen atoms in total. The van der Waals surface area contributed by atoms with Gasteiger partial charge in [-0.3, -0.25) is 4.18 Å². The maximum Gasteiger partial charge on any atom is 0.297 e. The fourth-order valence-electron chi connectivity index (χ4n) is 3.60. The summed E-state index contributed by atoms with van der Waals surface area (Å²) >= 11 is 0. The van der Waals surface area contributed by atoms with E-state index in [1.165, 1.54) is 0 Å². The molecule has 1 aliphatic carbocycles. The molecular formula is C21H26O5S. The van der Waals surface area contributed by atoms with Crippen LogP contribution in [0.25, 0.3) is 0 Å². The summed E-state index contributed by atoms with van der Waals surface area (Å²) in [7, 11) is -0.611. The molecule has 27 heavy (non-hydrogen) atoms. The lowest BCUT2D eigenvalue weighted by Crippen LogP contribution is -2.28. The minimum absolute atomic E-state index is 0.00113. The van der Waals surface area contributed by atoms with Gasteiger partial charge in [0.2, 0.25) is 0 Å². The molecule has 0 spiro atoms. The van der Waals surface area contributed by atoms with Crippen molar-refractivity contribution in [2.45, 2.75) is 49.5 Å². The molecule has 1 fully saturated rings. The van der Waals surface area contributed by atoms with Gasteiger partial charge in [0.1, 0.15) is 0 Å². The van der Waals surface area contributed by atoms with Crippen LogP contribution in [0.3, 0.4) is 0 Å². The average Bonchev–Trinajstić information content (AvgIpc) is 2.68. The van der Waals surface area contributed by atoms with Gasteiger partial charge in [0, 0.05) is 5.92 Å². The van der Waals surface area contributed by atoms with E-state index in [-0.39, 0.29) is 16.9 Å². The maximum atomic E-state index is 12.7. The monoisotopic (exact) mass is 390 g/mol. The van der Waals surface area contributed by atoms with E-state index in [0.29, 0.717) is 17.9 Å². The second-order valence-electron chi connectivity index (χ2n) is 6.91. The fourth-order valence-corrected chi connectivity index (χ4v) is 4.74. The van der Waals surface area contributed by atoms with Crippen molar-refractivity contribution in [3.63, 3.8) is 0 Å². The van der Waals surface area contributed by atoms with Gasteiger partial charge in [0.25, 0.3) is 10.1 Å². The SMILES string of the molecule is COc1ccc([C@@H]2CCCC[C@@H]2OS(=O)(=O)c2ccc(C)cc2)cc1OC. The van der Waals surface area contributed by atoms with Crippen LogP contribution in [0.15, 0.2) is 47.4 Å². The van der Waals surface area contributed by atoms with E-state index in [9.17, 15) is 8.42 Å². The average molecular weight is 391 g/mol. The highest BCUT2D eigenvalue weighted by molar-refractivity contribution is 7.86. The molecule has 0 bridgehead atoms. The van der Waals surface area contributed by atoms with Gasteiger partial charge in [0.05, 0.1) is 25.2 Å². The standard InChI is InChI=1S/C21H26O5S/c1-15-8-11-17(12-9-15)27(22,23)26-19-7-5-4-6-18(19)16-10-13-20(24-2)21(14-16)25-3/h8-14,18-19H,4-7H2,1-3H3/t18-,19-/m0/s1. The van der Waals surface area contributed by atoms with Crippen molar-refractivity contribution in [2.24, 2.45) is 0 Å². The van der Waals surface area contributed by atoms with Gasteiger partial charge in [0.15, 0.2) is 11.5 Å². The minimum atomic E-state index is -3.80. The zero-order valence-corrected chi connectivity index (χ0v) is 16.8. The maximum absolute atomic E-state index is 12.7. The molecule has 0 radical (unpaired) electrons. The molecule has 0 heterocycles.